The number of hydrogen-bond donors (Lipinski definition) is 2. The van der Waals surface area contributed by atoms with E-state index in [4.69, 9.17) is 0 Å². The van der Waals surface area contributed by atoms with E-state index < -0.39 is 0 Å². The molecule has 3 aliphatic rings. The van der Waals surface area contributed by atoms with Gasteiger partial charge in [0, 0.05) is 11.3 Å². The van der Waals surface area contributed by atoms with Crippen LogP contribution in [0.2, 0.25) is 0 Å². The summed E-state index contributed by atoms with van der Waals surface area (Å²) in [5.41, 5.74) is 1.28. The average molecular weight is 208 g/mol. The van der Waals surface area contributed by atoms with Gasteiger partial charge in [0.15, 0.2) is 0 Å². The summed E-state index contributed by atoms with van der Waals surface area (Å²) >= 11 is 0. The van der Waals surface area contributed by atoms with Crippen molar-refractivity contribution >= 4 is 0 Å². The van der Waals surface area contributed by atoms with Crippen molar-refractivity contribution in [3.8, 4) is 0 Å². The van der Waals surface area contributed by atoms with Crippen LogP contribution in [0, 0.1) is 17.3 Å². The van der Waals surface area contributed by atoms with Gasteiger partial charge in [-0.05, 0) is 38.0 Å². The van der Waals surface area contributed by atoms with Gasteiger partial charge in [0.2, 0.25) is 0 Å². The first-order valence-corrected chi connectivity index (χ1v) is 6.17. The van der Waals surface area contributed by atoms with Gasteiger partial charge >= 0.3 is 0 Å². The van der Waals surface area contributed by atoms with Crippen LogP contribution in [0.5, 0.6) is 0 Å². The van der Waals surface area contributed by atoms with Crippen LogP contribution in [0.1, 0.15) is 38.5 Å². The molecule has 3 fully saturated rings. The third kappa shape index (κ3) is 1.18. The van der Waals surface area contributed by atoms with E-state index in [1.54, 1.807) is 0 Å². The van der Waals surface area contributed by atoms with Crippen LogP contribution in [-0.2, 0) is 0 Å². The summed E-state index contributed by atoms with van der Waals surface area (Å²) in [5.74, 6) is 0.806. The SMILES string of the molecule is C=C1C[C@]23C[C@H]1C(O)CC2CCCC3O. The lowest BCUT2D eigenvalue weighted by molar-refractivity contribution is -0.0938. The van der Waals surface area contributed by atoms with Gasteiger partial charge in [0.05, 0.1) is 12.2 Å². The Morgan fingerprint density at radius 2 is 2.07 bits per heavy atom. The van der Waals surface area contributed by atoms with E-state index in [9.17, 15) is 10.2 Å². The Hall–Kier alpha value is -0.340. The largest absolute Gasteiger partial charge is 0.393 e. The van der Waals surface area contributed by atoms with Gasteiger partial charge in [0.25, 0.3) is 0 Å². The summed E-state index contributed by atoms with van der Waals surface area (Å²) < 4.78 is 0. The van der Waals surface area contributed by atoms with Crippen LogP contribution >= 0.6 is 0 Å². The first-order valence-electron chi connectivity index (χ1n) is 6.17. The van der Waals surface area contributed by atoms with Crippen molar-refractivity contribution in [3.63, 3.8) is 0 Å². The summed E-state index contributed by atoms with van der Waals surface area (Å²) in [5, 5.41) is 20.3. The van der Waals surface area contributed by atoms with Crippen molar-refractivity contribution in [1.82, 2.24) is 0 Å². The first-order chi connectivity index (χ1) is 7.13. The topological polar surface area (TPSA) is 40.5 Å². The minimum atomic E-state index is -0.191. The number of fused-ring (bicyclic) bond motifs is 1. The van der Waals surface area contributed by atoms with Gasteiger partial charge in [0.1, 0.15) is 0 Å². The minimum Gasteiger partial charge on any atom is -0.393 e. The van der Waals surface area contributed by atoms with Crippen LogP contribution in [-0.4, -0.2) is 22.4 Å². The normalized spacial score (nSPS) is 54.1. The predicted molar refractivity (Wildman–Crippen MR) is 58.3 cm³/mol. The highest BCUT2D eigenvalue weighted by molar-refractivity contribution is 5.22. The molecule has 1 spiro atoms. The summed E-state index contributed by atoms with van der Waals surface area (Å²) in [6.45, 7) is 4.10. The molecule has 0 aliphatic heterocycles. The summed E-state index contributed by atoms with van der Waals surface area (Å²) in [6, 6.07) is 0. The number of aliphatic hydroxyl groups is 2. The molecular formula is C13H20O2. The molecule has 84 valence electrons. The highest BCUT2D eigenvalue weighted by atomic mass is 16.3. The van der Waals surface area contributed by atoms with Crippen molar-refractivity contribution < 1.29 is 10.2 Å². The maximum atomic E-state index is 10.3. The van der Waals surface area contributed by atoms with E-state index in [-0.39, 0.29) is 23.5 Å². The zero-order valence-corrected chi connectivity index (χ0v) is 9.15. The number of hydrogen-bond acceptors (Lipinski definition) is 2. The van der Waals surface area contributed by atoms with Gasteiger partial charge in [-0.1, -0.05) is 18.6 Å². The molecule has 2 nitrogen and oxygen atoms in total. The Balaban J connectivity index is 1.98. The second-order valence-corrected chi connectivity index (χ2v) is 5.83. The monoisotopic (exact) mass is 208 g/mol. The zero-order chi connectivity index (χ0) is 10.6. The van der Waals surface area contributed by atoms with E-state index in [2.05, 4.69) is 6.58 Å². The highest BCUT2D eigenvalue weighted by Gasteiger charge is 2.57. The quantitative estimate of drug-likeness (QED) is 0.597. The Morgan fingerprint density at radius 1 is 1.27 bits per heavy atom. The molecule has 0 saturated heterocycles. The molecule has 3 saturated carbocycles. The Labute approximate surface area is 91.0 Å². The lowest BCUT2D eigenvalue weighted by Crippen LogP contribution is -2.47. The summed E-state index contributed by atoms with van der Waals surface area (Å²) in [4.78, 5) is 0. The van der Waals surface area contributed by atoms with E-state index in [1.807, 2.05) is 0 Å². The molecule has 15 heavy (non-hydrogen) atoms. The van der Waals surface area contributed by atoms with Crippen LogP contribution in [0.25, 0.3) is 0 Å². The van der Waals surface area contributed by atoms with Crippen molar-refractivity contribution in [3.05, 3.63) is 12.2 Å². The van der Waals surface area contributed by atoms with E-state index in [0.29, 0.717) is 5.92 Å². The lowest BCUT2D eigenvalue weighted by Gasteiger charge is -2.49. The van der Waals surface area contributed by atoms with Crippen molar-refractivity contribution in [2.24, 2.45) is 17.3 Å². The first kappa shape index (κ1) is 9.86. The Morgan fingerprint density at radius 3 is 2.87 bits per heavy atom. The molecule has 0 heterocycles. The molecule has 2 N–H and O–H groups in total. The zero-order valence-electron chi connectivity index (χ0n) is 9.15. The second kappa shape index (κ2) is 3.08. The van der Waals surface area contributed by atoms with Crippen molar-refractivity contribution in [2.75, 3.05) is 0 Å². The molecule has 3 rings (SSSR count). The third-order valence-corrected chi connectivity index (χ3v) is 5.18. The molecule has 3 unspecified atom stereocenters. The predicted octanol–water partition coefficient (Wildman–Crippen LogP) is 1.86. The smallest absolute Gasteiger partial charge is 0.0608 e. The standard InChI is InChI=1S/C13H20O2/c1-8-6-13-7-10(8)11(14)5-9(13)3-2-4-12(13)15/h9-12,14-15H,1-7H2/t9?,10-,11?,12?,13+/m1/s1. The molecular weight excluding hydrogens is 188 g/mol. The van der Waals surface area contributed by atoms with Gasteiger partial charge in [-0.2, -0.15) is 0 Å². The van der Waals surface area contributed by atoms with Crippen LogP contribution in [0.4, 0.5) is 0 Å². The second-order valence-electron chi connectivity index (χ2n) is 5.83. The maximum absolute atomic E-state index is 10.3. The lowest BCUT2D eigenvalue weighted by atomic mass is 9.58. The molecule has 2 heteroatoms. The van der Waals surface area contributed by atoms with Crippen LogP contribution in [0.15, 0.2) is 12.2 Å². The molecule has 5 atom stereocenters. The molecule has 0 radical (unpaired) electrons. The Kier molecular flexibility index (Phi) is 2.02. The molecule has 3 aliphatic carbocycles. The number of rotatable bonds is 0. The van der Waals surface area contributed by atoms with Crippen molar-refractivity contribution in [1.29, 1.82) is 0 Å². The Bertz CT molecular complexity index is 299. The van der Waals surface area contributed by atoms with Crippen LogP contribution < -0.4 is 0 Å². The molecule has 0 aromatic heterocycles. The fraction of sp³-hybridized carbons (Fsp3) is 0.846. The summed E-state index contributed by atoms with van der Waals surface area (Å²) in [7, 11) is 0. The molecule has 0 aromatic rings. The highest BCUT2D eigenvalue weighted by Crippen LogP contribution is 2.61. The minimum absolute atomic E-state index is 0.0965. The fourth-order valence-corrected chi connectivity index (χ4v) is 4.37. The van der Waals surface area contributed by atoms with Gasteiger partial charge in [-0.15, -0.1) is 0 Å². The van der Waals surface area contributed by atoms with E-state index in [1.165, 1.54) is 12.0 Å². The number of aliphatic hydroxyl groups excluding tert-OH is 2. The van der Waals surface area contributed by atoms with E-state index >= 15 is 0 Å². The van der Waals surface area contributed by atoms with Gasteiger partial charge < -0.3 is 10.2 Å². The molecule has 0 amide bonds. The average Bonchev–Trinajstić information content (AvgIpc) is 2.49. The molecule has 2 bridgehead atoms. The van der Waals surface area contributed by atoms with E-state index in [0.717, 1.165) is 32.1 Å². The maximum Gasteiger partial charge on any atom is 0.0608 e. The van der Waals surface area contributed by atoms with Gasteiger partial charge in [-0.25, -0.2) is 0 Å². The van der Waals surface area contributed by atoms with Gasteiger partial charge in [-0.3, -0.25) is 0 Å². The molecule has 0 aromatic carbocycles. The van der Waals surface area contributed by atoms with Crippen molar-refractivity contribution in [2.45, 2.75) is 50.7 Å². The van der Waals surface area contributed by atoms with Crippen LogP contribution in [0.3, 0.4) is 0 Å². The summed E-state index contributed by atoms with van der Waals surface area (Å²) in [6.07, 6.45) is 5.76. The third-order valence-electron chi connectivity index (χ3n) is 5.18. The fourth-order valence-electron chi connectivity index (χ4n) is 4.37.